The highest BCUT2D eigenvalue weighted by molar-refractivity contribution is 6.26. The first-order chi connectivity index (χ1) is 64.0. The highest BCUT2D eigenvalue weighted by Gasteiger charge is 2.51. The molecule has 604 valence electrons. The molecule has 0 saturated heterocycles. The lowest BCUT2D eigenvalue weighted by molar-refractivity contribution is -0.688. The zero-order valence-corrected chi connectivity index (χ0v) is 69.8. The summed E-state index contributed by atoms with van der Waals surface area (Å²) < 4.78 is 12.1. The Labute approximate surface area is 743 Å². The van der Waals surface area contributed by atoms with Gasteiger partial charge in [-0.25, -0.2) is 19.9 Å². The van der Waals surface area contributed by atoms with Crippen LogP contribution >= 0.6 is 0 Å². The van der Waals surface area contributed by atoms with Crippen LogP contribution in [0.3, 0.4) is 0 Å². The number of rotatable bonds is 9. The zero-order chi connectivity index (χ0) is 85.3. The van der Waals surface area contributed by atoms with Crippen LogP contribution in [-0.2, 0) is 12.1 Å². The number of benzene rings is 15. The molecular weight excluding hydrogens is 1580 g/mol. The van der Waals surface area contributed by atoms with Gasteiger partial charge in [-0.05, 0) is 197 Å². The normalized spacial score (nSPS) is 12.3. The smallest absolute Gasteiger partial charge is 0.293 e. The standard InChI is InChI=1S/C40H25N3.C38H24N4.C29H19N3.C10H8NO/c1-3-13-26(14-4-1)37-41-38(27-15-5-2-6-16-27)43-39(42-37)28-23-24-36-32(25-28)31-19-9-12-22-35(31)40(36)33-20-10-7-17-29(33)30-18-8-11-21-34(30)40;1-2-8-30-29(7-1)33-21-25(27-13-17-37(41-23-27)35-9-3-5-19-39-35)11-15-31(33)32-16-12-26(22-34(30)32)28-14-18-38(42-24-28)36-10-4-6-20-40-36;1-5-14-24-20(10-1)21-11-2-6-15-25(21)31(24)28-18-9-19-29(30-28)32-26-16-7-3-12-22(26)23-13-4-8-17-27(23)32;1-3-8-4-2-6-11-7-12-9(5-1)10(8)11/h1-25H;1-24H;1-19H;1-6H,7H2/q;;;+1. The lowest BCUT2D eigenvalue weighted by Gasteiger charge is -2.30. The van der Waals surface area contributed by atoms with Crippen molar-refractivity contribution < 1.29 is 9.30 Å². The molecule has 0 bridgehead atoms. The van der Waals surface area contributed by atoms with Crippen molar-refractivity contribution in [2.45, 2.75) is 12.1 Å². The Morgan fingerprint density at radius 3 is 1.09 bits per heavy atom. The number of hydrogen-bond acceptors (Lipinski definition) is 9. The number of aromatic nitrogens is 11. The quantitative estimate of drug-likeness (QED) is 0.103. The SMILES string of the molecule is c1cc(-n2c3ccccc3c3ccccc32)nc(-n2c3ccccc3c3ccccc32)c1.c1cc2c3c(c1)ccc[n+]3CO2.c1ccc(-c2ccc(-c3ccc4c5ccc(-c6ccc(-c7ccccn7)nc6)cc5c5ccccc5c4c3)cn2)nc1.c1ccc(-c2nc(-c3ccccc3)nc(-c3ccc4c(c3)-c3ccccc3C43c4ccccc4-c4ccccc43)n2)cc1. The van der Waals surface area contributed by atoms with Crippen molar-refractivity contribution in [1.29, 1.82) is 0 Å². The summed E-state index contributed by atoms with van der Waals surface area (Å²) in [5.74, 6) is 4.83. The van der Waals surface area contributed by atoms with E-state index in [2.05, 4.69) is 315 Å². The number of fused-ring (bicyclic) bond motifs is 22. The minimum atomic E-state index is -0.360. The maximum atomic E-state index is 5.48. The Balaban J connectivity index is 0.000000101. The van der Waals surface area contributed by atoms with E-state index in [9.17, 15) is 0 Å². The van der Waals surface area contributed by atoms with Crippen molar-refractivity contribution in [2.24, 2.45) is 0 Å². The number of pyridine rings is 6. The van der Waals surface area contributed by atoms with Crippen molar-refractivity contribution in [2.75, 3.05) is 0 Å². The molecule has 1 spiro atoms. The van der Waals surface area contributed by atoms with Crippen LogP contribution in [0.1, 0.15) is 22.3 Å². The summed E-state index contributed by atoms with van der Waals surface area (Å²) in [5.41, 5.74) is 26.8. The van der Waals surface area contributed by atoms with E-state index < -0.39 is 0 Å². The van der Waals surface area contributed by atoms with Crippen LogP contribution in [0.4, 0.5) is 0 Å². The average molecular weight is 1650 g/mol. The molecule has 1 aliphatic heterocycles. The van der Waals surface area contributed by atoms with E-state index >= 15 is 0 Å². The van der Waals surface area contributed by atoms with Crippen LogP contribution in [0.5, 0.6) is 5.75 Å². The topological polar surface area (TPSA) is 126 Å². The van der Waals surface area contributed by atoms with Crippen molar-refractivity contribution in [3.63, 3.8) is 0 Å². The van der Waals surface area contributed by atoms with Gasteiger partial charge >= 0.3 is 0 Å². The van der Waals surface area contributed by atoms with E-state index in [1.807, 2.05) is 146 Å². The Bertz CT molecular complexity index is 7940. The predicted molar refractivity (Wildman–Crippen MR) is 522 cm³/mol. The van der Waals surface area contributed by atoms with E-state index in [0.717, 1.165) is 79.1 Å². The number of ether oxygens (including phenoxy) is 1. The molecule has 2 aliphatic carbocycles. The largest absolute Gasteiger partial charge is 0.429 e. The van der Waals surface area contributed by atoms with Gasteiger partial charge in [0, 0.05) is 80.2 Å². The molecule has 0 fully saturated rings. The van der Waals surface area contributed by atoms with Gasteiger partial charge in [0.15, 0.2) is 29.4 Å². The zero-order valence-electron chi connectivity index (χ0n) is 69.8. The molecule has 27 rings (SSSR count). The summed E-state index contributed by atoms with van der Waals surface area (Å²) >= 11 is 0. The minimum absolute atomic E-state index is 0.360. The van der Waals surface area contributed by atoms with Crippen LogP contribution < -0.4 is 9.30 Å². The second kappa shape index (κ2) is 31.8. The number of para-hydroxylation sites is 5. The number of hydrogen-bond donors (Lipinski definition) is 0. The summed E-state index contributed by atoms with van der Waals surface area (Å²) in [6, 6.07) is 147. The predicted octanol–water partition coefficient (Wildman–Crippen LogP) is 27.4. The molecule has 0 unspecified atom stereocenters. The van der Waals surface area contributed by atoms with Crippen molar-refractivity contribution >= 4 is 86.8 Å². The van der Waals surface area contributed by atoms with E-state index in [4.69, 9.17) is 34.6 Å². The molecule has 15 aromatic carbocycles. The second-order valence-electron chi connectivity index (χ2n) is 32.6. The van der Waals surface area contributed by atoms with Crippen LogP contribution in [0.2, 0.25) is 0 Å². The Kier molecular flexibility index (Phi) is 18.6. The van der Waals surface area contributed by atoms with Crippen molar-refractivity contribution in [1.82, 2.24) is 49.0 Å². The average Bonchev–Trinajstić information content (AvgIpc) is 1.51. The first-order valence-corrected chi connectivity index (χ1v) is 43.4. The van der Waals surface area contributed by atoms with Crippen LogP contribution in [0.15, 0.2) is 450 Å². The highest BCUT2D eigenvalue weighted by atomic mass is 16.5. The summed E-state index contributed by atoms with van der Waals surface area (Å²) in [5, 5.41) is 13.6. The van der Waals surface area contributed by atoms with Gasteiger partial charge in [-0.15, -0.1) is 0 Å². The van der Waals surface area contributed by atoms with E-state index in [1.165, 1.54) is 131 Å². The van der Waals surface area contributed by atoms with E-state index in [0.29, 0.717) is 24.2 Å². The van der Waals surface area contributed by atoms with Gasteiger partial charge in [0.05, 0.1) is 55.6 Å². The summed E-state index contributed by atoms with van der Waals surface area (Å²) in [6.45, 7) is 0.649. The maximum Gasteiger partial charge on any atom is 0.293 e. The molecule has 10 heterocycles. The molecule has 0 radical (unpaired) electrons. The third kappa shape index (κ3) is 13.0. The van der Waals surface area contributed by atoms with Gasteiger partial charge in [-0.2, -0.15) is 4.57 Å². The monoisotopic (exact) mass is 1650 g/mol. The third-order valence-electron chi connectivity index (χ3n) is 25.4. The third-order valence-corrected chi connectivity index (χ3v) is 25.4. The van der Waals surface area contributed by atoms with Gasteiger partial charge in [0.25, 0.3) is 12.2 Å². The molecule has 12 nitrogen and oxygen atoms in total. The molecule has 0 N–H and O–H groups in total. The molecule has 0 saturated carbocycles. The summed E-state index contributed by atoms with van der Waals surface area (Å²) in [7, 11) is 0. The van der Waals surface area contributed by atoms with Crippen LogP contribution in [0.25, 0.3) is 200 Å². The van der Waals surface area contributed by atoms with Gasteiger partial charge in [0.1, 0.15) is 11.6 Å². The number of nitrogens with zero attached hydrogens (tertiary/aromatic N) is 11. The molecular formula is C117H76N11O+. The van der Waals surface area contributed by atoms with E-state index in [1.54, 1.807) is 12.4 Å². The maximum absolute atomic E-state index is 5.48. The van der Waals surface area contributed by atoms with Crippen molar-refractivity contribution in [3.05, 3.63) is 472 Å². The molecule has 24 aromatic rings. The second-order valence-corrected chi connectivity index (χ2v) is 32.6. The van der Waals surface area contributed by atoms with Gasteiger partial charge in [-0.1, -0.05) is 303 Å². The lowest BCUT2D eigenvalue weighted by atomic mass is 9.70. The summed E-state index contributed by atoms with van der Waals surface area (Å²) in [4.78, 5) is 38.4. The Morgan fingerprint density at radius 1 is 0.248 bits per heavy atom. The van der Waals surface area contributed by atoms with Gasteiger partial charge < -0.3 is 4.74 Å². The fourth-order valence-electron chi connectivity index (χ4n) is 19.6. The minimum Gasteiger partial charge on any atom is -0.429 e. The molecule has 0 atom stereocenters. The van der Waals surface area contributed by atoms with E-state index in [-0.39, 0.29) is 5.41 Å². The van der Waals surface area contributed by atoms with Crippen molar-refractivity contribution in [3.8, 4) is 119 Å². The first kappa shape index (κ1) is 75.4. The van der Waals surface area contributed by atoms with Gasteiger partial charge in [-0.3, -0.25) is 29.1 Å². The molecule has 12 heteroatoms. The van der Waals surface area contributed by atoms with Crippen LogP contribution in [0, 0.1) is 0 Å². The van der Waals surface area contributed by atoms with Gasteiger partial charge in [0.2, 0.25) is 0 Å². The first-order valence-electron chi connectivity index (χ1n) is 43.4. The molecule has 3 aliphatic rings. The Hall–Kier alpha value is -17.4. The Morgan fingerprint density at radius 2 is 0.628 bits per heavy atom. The molecule has 0 amide bonds. The van der Waals surface area contributed by atoms with Crippen LogP contribution in [-0.4, -0.2) is 49.0 Å². The molecule has 129 heavy (non-hydrogen) atoms. The fraction of sp³-hybridized carbons (Fsp3) is 0.0171. The highest BCUT2D eigenvalue weighted by Crippen LogP contribution is 2.63. The lowest BCUT2D eigenvalue weighted by Crippen LogP contribution is -2.31. The molecule has 9 aromatic heterocycles. The summed E-state index contributed by atoms with van der Waals surface area (Å²) in [6.07, 6.45) is 9.51. The fourth-order valence-corrected chi connectivity index (χ4v) is 19.6.